The van der Waals surface area contributed by atoms with Crippen LogP contribution in [0.4, 0.5) is 0 Å². The van der Waals surface area contributed by atoms with Crippen molar-refractivity contribution in [3.8, 4) is 0 Å². The maximum atomic E-state index is 12.2. The van der Waals surface area contributed by atoms with E-state index in [4.69, 9.17) is 0 Å². The predicted octanol–water partition coefficient (Wildman–Crippen LogP) is 3.79. The Bertz CT molecular complexity index is 389. The molecule has 15 heavy (non-hydrogen) atoms. The molecular weight excluding hydrogens is 272 g/mol. The molecule has 1 nitrogen and oxygen atoms in total. The predicted molar refractivity (Wildman–Crippen MR) is 69.8 cm³/mol. The van der Waals surface area contributed by atoms with Gasteiger partial charge >= 0.3 is 0 Å². The molecule has 0 aliphatic heterocycles. The fraction of sp³-hybridized carbons (Fsp3) is 0.333. The van der Waals surface area contributed by atoms with Crippen molar-refractivity contribution in [2.24, 2.45) is 0 Å². The first kappa shape index (κ1) is 12.7. The molecule has 0 N–H and O–H groups in total. The molecule has 0 unspecified atom stereocenters. The summed E-state index contributed by atoms with van der Waals surface area (Å²) >= 11 is 3.38. The first-order valence-electron chi connectivity index (χ1n) is 4.77. The molecule has 0 bridgehead atoms. The zero-order valence-corrected chi connectivity index (χ0v) is 11.6. The van der Waals surface area contributed by atoms with Crippen molar-refractivity contribution >= 4 is 26.7 Å². The van der Waals surface area contributed by atoms with E-state index in [1.165, 1.54) is 5.56 Å². The van der Waals surface area contributed by atoms with Gasteiger partial charge in [-0.25, -0.2) is 4.21 Å². The quantitative estimate of drug-likeness (QED) is 0.773. The Hall–Kier alpha value is -0.410. The van der Waals surface area contributed by atoms with Crippen LogP contribution in [0.1, 0.15) is 19.4 Å². The largest absolute Gasteiger partial charge is 0.249 e. The Morgan fingerprint density at radius 2 is 1.80 bits per heavy atom. The Labute approximate surface area is 102 Å². The molecule has 1 rings (SSSR count). The van der Waals surface area contributed by atoms with Crippen molar-refractivity contribution in [1.29, 1.82) is 0 Å². The summed E-state index contributed by atoms with van der Waals surface area (Å²) in [5.41, 5.74) is 2.30. The average molecular weight is 287 g/mol. The van der Waals surface area contributed by atoms with Crippen LogP contribution in [0.2, 0.25) is 0 Å². The Kier molecular flexibility index (Phi) is 4.74. The molecule has 1 atom stereocenters. The number of benzene rings is 1. The van der Waals surface area contributed by atoms with Gasteiger partial charge in [-0.1, -0.05) is 39.2 Å². The number of hydrogen-bond acceptors (Lipinski definition) is 1. The lowest BCUT2D eigenvalue weighted by Gasteiger charge is -2.06. The van der Waals surface area contributed by atoms with E-state index in [9.17, 15) is 4.21 Å². The van der Waals surface area contributed by atoms with Crippen LogP contribution in [-0.2, 0) is 10.8 Å². The van der Waals surface area contributed by atoms with Gasteiger partial charge in [0.25, 0.3) is 0 Å². The first-order chi connectivity index (χ1) is 7.06. The molecule has 3 heteroatoms. The smallest absolute Gasteiger partial charge is 0.0816 e. The summed E-state index contributed by atoms with van der Waals surface area (Å²) in [7, 11) is -1.03. The van der Waals surface area contributed by atoms with Crippen molar-refractivity contribution in [3.63, 3.8) is 0 Å². The highest BCUT2D eigenvalue weighted by Gasteiger charge is 2.10. The highest BCUT2D eigenvalue weighted by Crippen LogP contribution is 2.19. The summed E-state index contributed by atoms with van der Waals surface area (Å²) in [6, 6.07) is 7.84. The normalized spacial score (nSPS) is 12.3. The molecule has 82 valence electrons. The molecular formula is C12H15BrOS. The Morgan fingerprint density at radius 3 is 2.20 bits per heavy atom. The standard InChI is InChI=1S/C12H15BrOS/c1-9(2)12(8-13)15(14)11-6-4-10(3)5-7-11/h4-7H,8H2,1-3H3/t15-/m0/s1. The Balaban J connectivity index is 3.04. The van der Waals surface area contributed by atoms with E-state index in [1.807, 2.05) is 45.0 Å². The van der Waals surface area contributed by atoms with Crippen molar-refractivity contribution in [3.05, 3.63) is 40.3 Å². The molecule has 0 saturated heterocycles. The van der Waals surface area contributed by atoms with E-state index in [-0.39, 0.29) is 0 Å². The van der Waals surface area contributed by atoms with Crippen LogP contribution in [0.25, 0.3) is 0 Å². The van der Waals surface area contributed by atoms with Gasteiger partial charge in [0.2, 0.25) is 0 Å². The van der Waals surface area contributed by atoms with Crippen molar-refractivity contribution in [1.82, 2.24) is 0 Å². The van der Waals surface area contributed by atoms with E-state index in [1.54, 1.807) is 0 Å². The molecule has 1 aromatic rings. The van der Waals surface area contributed by atoms with E-state index in [0.717, 1.165) is 15.4 Å². The van der Waals surface area contributed by atoms with Crippen LogP contribution in [0.5, 0.6) is 0 Å². The molecule has 0 spiro atoms. The molecule has 0 heterocycles. The van der Waals surface area contributed by atoms with Crippen LogP contribution >= 0.6 is 15.9 Å². The minimum Gasteiger partial charge on any atom is -0.249 e. The number of halogens is 1. The van der Waals surface area contributed by atoms with Crippen molar-refractivity contribution < 1.29 is 4.21 Å². The van der Waals surface area contributed by atoms with Gasteiger partial charge in [0.15, 0.2) is 0 Å². The average Bonchev–Trinajstić information content (AvgIpc) is 2.19. The topological polar surface area (TPSA) is 17.1 Å². The lowest BCUT2D eigenvalue weighted by molar-refractivity contribution is 0.686. The zero-order chi connectivity index (χ0) is 11.4. The molecule has 0 aromatic heterocycles. The number of aryl methyl sites for hydroxylation is 1. The SMILES string of the molecule is CC(C)=C(CBr)[S@@](=O)c1ccc(C)cc1. The molecule has 0 aliphatic rings. The second-order valence-electron chi connectivity index (χ2n) is 3.64. The minimum absolute atomic E-state index is 0.663. The van der Waals surface area contributed by atoms with Crippen LogP contribution < -0.4 is 0 Å². The van der Waals surface area contributed by atoms with Crippen molar-refractivity contribution in [2.75, 3.05) is 5.33 Å². The van der Waals surface area contributed by atoms with Gasteiger partial charge in [-0.2, -0.15) is 0 Å². The van der Waals surface area contributed by atoms with Crippen molar-refractivity contribution in [2.45, 2.75) is 25.7 Å². The zero-order valence-electron chi connectivity index (χ0n) is 9.21. The fourth-order valence-electron chi connectivity index (χ4n) is 1.17. The van der Waals surface area contributed by atoms with E-state index in [2.05, 4.69) is 15.9 Å². The number of alkyl halides is 1. The first-order valence-corrected chi connectivity index (χ1v) is 7.04. The molecule has 0 fully saturated rings. The van der Waals surface area contributed by atoms with Gasteiger partial charge in [0, 0.05) is 15.1 Å². The van der Waals surface area contributed by atoms with Gasteiger partial charge in [-0.05, 0) is 32.9 Å². The van der Waals surface area contributed by atoms with Crippen LogP contribution in [0, 0.1) is 6.92 Å². The van der Waals surface area contributed by atoms with E-state index >= 15 is 0 Å². The van der Waals surface area contributed by atoms with Gasteiger partial charge in [-0.3, -0.25) is 0 Å². The molecule has 0 amide bonds. The highest BCUT2D eigenvalue weighted by molar-refractivity contribution is 9.09. The van der Waals surface area contributed by atoms with Gasteiger partial charge < -0.3 is 0 Å². The molecule has 0 saturated carbocycles. The summed E-state index contributed by atoms with van der Waals surface area (Å²) in [5, 5.41) is 0.663. The van der Waals surface area contributed by atoms with E-state index < -0.39 is 10.8 Å². The Morgan fingerprint density at radius 1 is 1.27 bits per heavy atom. The van der Waals surface area contributed by atoms with Gasteiger partial charge in [0.1, 0.15) is 0 Å². The third kappa shape index (κ3) is 3.28. The lowest BCUT2D eigenvalue weighted by Crippen LogP contribution is -1.99. The highest BCUT2D eigenvalue weighted by atomic mass is 79.9. The number of hydrogen-bond donors (Lipinski definition) is 0. The van der Waals surface area contributed by atoms with Gasteiger partial charge in [-0.15, -0.1) is 0 Å². The van der Waals surface area contributed by atoms with E-state index in [0.29, 0.717) is 5.33 Å². The summed E-state index contributed by atoms with van der Waals surface area (Å²) < 4.78 is 12.2. The van der Waals surface area contributed by atoms with Gasteiger partial charge in [0.05, 0.1) is 10.8 Å². The van der Waals surface area contributed by atoms with Crippen LogP contribution in [0.3, 0.4) is 0 Å². The third-order valence-corrected chi connectivity index (χ3v) is 4.77. The van der Waals surface area contributed by atoms with Crippen LogP contribution in [-0.4, -0.2) is 9.54 Å². The third-order valence-electron chi connectivity index (χ3n) is 2.14. The summed E-state index contributed by atoms with van der Waals surface area (Å²) in [4.78, 5) is 1.83. The number of allylic oxidation sites excluding steroid dienone is 2. The minimum atomic E-state index is -1.03. The maximum absolute atomic E-state index is 12.2. The van der Waals surface area contributed by atoms with Crippen LogP contribution in [0.15, 0.2) is 39.6 Å². The lowest BCUT2D eigenvalue weighted by atomic mass is 10.2. The second kappa shape index (κ2) is 5.61. The summed E-state index contributed by atoms with van der Waals surface area (Å²) in [5.74, 6) is 0. The molecule has 1 aromatic carbocycles. The summed E-state index contributed by atoms with van der Waals surface area (Å²) in [6.07, 6.45) is 0. The fourth-order valence-corrected chi connectivity index (χ4v) is 3.49. The number of rotatable bonds is 3. The molecule has 0 aliphatic carbocycles. The molecule has 0 radical (unpaired) electrons. The summed E-state index contributed by atoms with van der Waals surface area (Å²) in [6.45, 7) is 6.00. The monoisotopic (exact) mass is 286 g/mol. The maximum Gasteiger partial charge on any atom is 0.0816 e. The second-order valence-corrected chi connectivity index (χ2v) is 5.70.